The Hall–Kier alpha value is -2.14. The molecule has 2 heterocycles. The standard InChI is InChI=1S/C12H8N2O2S/c15-11-10-8(13-12(17)14-11)6-9(16-10)7-4-2-1-3-5-7/h1-6H,(H2,13,14,15,17). The number of rotatable bonds is 1. The molecule has 0 aliphatic heterocycles. The van der Waals surface area contributed by atoms with E-state index >= 15 is 0 Å². The predicted molar refractivity (Wildman–Crippen MR) is 67.5 cm³/mol. The van der Waals surface area contributed by atoms with E-state index in [9.17, 15) is 4.79 Å². The van der Waals surface area contributed by atoms with Crippen LogP contribution in [-0.4, -0.2) is 9.97 Å². The first-order chi connectivity index (χ1) is 8.24. The Morgan fingerprint density at radius 1 is 1.12 bits per heavy atom. The number of aromatic amines is 2. The summed E-state index contributed by atoms with van der Waals surface area (Å²) in [6.07, 6.45) is 0. The number of fused-ring (bicyclic) bond motifs is 1. The fourth-order valence-electron chi connectivity index (χ4n) is 1.71. The lowest BCUT2D eigenvalue weighted by Gasteiger charge is -1.92. The minimum atomic E-state index is -0.314. The number of H-pyrrole nitrogens is 2. The fourth-order valence-corrected chi connectivity index (χ4v) is 1.91. The molecule has 0 aliphatic rings. The Labute approximate surface area is 101 Å². The maximum Gasteiger partial charge on any atom is 0.295 e. The summed E-state index contributed by atoms with van der Waals surface area (Å²) in [5.41, 5.74) is 1.48. The van der Waals surface area contributed by atoms with Crippen LogP contribution in [0.2, 0.25) is 0 Å². The first-order valence-electron chi connectivity index (χ1n) is 5.05. The van der Waals surface area contributed by atoms with Gasteiger partial charge in [0, 0.05) is 11.6 Å². The summed E-state index contributed by atoms with van der Waals surface area (Å²) in [4.78, 5) is 17.0. The van der Waals surface area contributed by atoms with Gasteiger partial charge in [0.1, 0.15) is 5.76 Å². The van der Waals surface area contributed by atoms with E-state index in [0.29, 0.717) is 16.0 Å². The Balaban J connectivity index is 2.31. The molecule has 4 nitrogen and oxygen atoms in total. The molecule has 2 N–H and O–H groups in total. The third kappa shape index (κ3) is 1.70. The van der Waals surface area contributed by atoms with Crippen LogP contribution in [-0.2, 0) is 0 Å². The molecule has 0 aliphatic carbocycles. The molecule has 84 valence electrons. The van der Waals surface area contributed by atoms with Gasteiger partial charge < -0.3 is 9.40 Å². The zero-order valence-electron chi connectivity index (χ0n) is 8.69. The van der Waals surface area contributed by atoms with Crippen LogP contribution in [0, 0.1) is 4.77 Å². The van der Waals surface area contributed by atoms with E-state index in [0.717, 1.165) is 5.56 Å². The highest BCUT2D eigenvalue weighted by atomic mass is 32.1. The van der Waals surface area contributed by atoms with Crippen LogP contribution in [0.1, 0.15) is 0 Å². The summed E-state index contributed by atoms with van der Waals surface area (Å²) in [5.74, 6) is 0.642. The largest absolute Gasteiger partial charge is 0.449 e. The second kappa shape index (κ2) is 3.71. The summed E-state index contributed by atoms with van der Waals surface area (Å²) in [7, 11) is 0. The highest BCUT2D eigenvalue weighted by molar-refractivity contribution is 7.71. The maximum absolute atomic E-state index is 11.6. The molecule has 0 radical (unpaired) electrons. The van der Waals surface area contributed by atoms with E-state index in [1.807, 2.05) is 30.3 Å². The van der Waals surface area contributed by atoms with Crippen LogP contribution in [0.5, 0.6) is 0 Å². The normalized spacial score (nSPS) is 10.8. The van der Waals surface area contributed by atoms with E-state index in [-0.39, 0.29) is 11.1 Å². The summed E-state index contributed by atoms with van der Waals surface area (Å²) < 4.78 is 5.81. The molecule has 0 atom stereocenters. The van der Waals surface area contributed by atoms with Crippen molar-refractivity contribution in [3.05, 3.63) is 51.5 Å². The monoisotopic (exact) mass is 244 g/mol. The molecular weight excluding hydrogens is 236 g/mol. The van der Waals surface area contributed by atoms with Crippen LogP contribution in [0.4, 0.5) is 0 Å². The quantitative estimate of drug-likeness (QED) is 0.647. The van der Waals surface area contributed by atoms with Crippen molar-refractivity contribution in [3.63, 3.8) is 0 Å². The molecule has 0 bridgehead atoms. The summed E-state index contributed by atoms with van der Waals surface area (Å²) >= 11 is 4.90. The van der Waals surface area contributed by atoms with Crippen LogP contribution in [0.3, 0.4) is 0 Å². The molecule has 5 heteroatoms. The Morgan fingerprint density at radius 3 is 2.65 bits per heavy atom. The molecule has 3 rings (SSSR count). The zero-order valence-corrected chi connectivity index (χ0v) is 9.51. The van der Waals surface area contributed by atoms with Gasteiger partial charge in [-0.1, -0.05) is 30.3 Å². The third-order valence-corrected chi connectivity index (χ3v) is 2.68. The van der Waals surface area contributed by atoms with Crippen molar-refractivity contribution in [3.8, 4) is 11.3 Å². The Morgan fingerprint density at radius 2 is 1.88 bits per heavy atom. The van der Waals surface area contributed by atoms with Crippen molar-refractivity contribution in [1.82, 2.24) is 9.97 Å². The van der Waals surface area contributed by atoms with E-state index in [4.69, 9.17) is 16.6 Å². The molecule has 0 amide bonds. The van der Waals surface area contributed by atoms with Gasteiger partial charge in [-0.2, -0.15) is 0 Å². The van der Waals surface area contributed by atoms with Gasteiger partial charge in [-0.3, -0.25) is 9.78 Å². The molecule has 0 unspecified atom stereocenters. The van der Waals surface area contributed by atoms with Crippen LogP contribution < -0.4 is 5.56 Å². The van der Waals surface area contributed by atoms with Crippen molar-refractivity contribution in [2.24, 2.45) is 0 Å². The van der Waals surface area contributed by atoms with E-state index in [1.54, 1.807) is 6.07 Å². The van der Waals surface area contributed by atoms with Gasteiger partial charge in [0.05, 0.1) is 5.52 Å². The van der Waals surface area contributed by atoms with Gasteiger partial charge in [0.2, 0.25) is 5.58 Å². The van der Waals surface area contributed by atoms with Crippen LogP contribution >= 0.6 is 12.2 Å². The predicted octanol–water partition coefficient (Wildman–Crippen LogP) is 2.85. The lowest BCUT2D eigenvalue weighted by atomic mass is 10.2. The van der Waals surface area contributed by atoms with E-state index in [2.05, 4.69) is 9.97 Å². The molecule has 2 aromatic heterocycles. The average molecular weight is 244 g/mol. The fraction of sp³-hybridized carbons (Fsp3) is 0. The number of furan rings is 1. The first kappa shape index (κ1) is 10.0. The molecule has 0 spiro atoms. The van der Waals surface area contributed by atoms with Gasteiger partial charge >= 0.3 is 0 Å². The maximum atomic E-state index is 11.6. The zero-order chi connectivity index (χ0) is 11.8. The summed E-state index contributed by atoms with van der Waals surface area (Å²) in [6.45, 7) is 0. The average Bonchev–Trinajstić information content (AvgIpc) is 2.74. The van der Waals surface area contributed by atoms with Gasteiger partial charge in [0.15, 0.2) is 4.77 Å². The summed E-state index contributed by atoms with van der Waals surface area (Å²) in [6, 6.07) is 11.4. The third-order valence-electron chi connectivity index (χ3n) is 2.47. The van der Waals surface area contributed by atoms with Crippen molar-refractivity contribution < 1.29 is 4.42 Å². The van der Waals surface area contributed by atoms with Crippen molar-refractivity contribution in [1.29, 1.82) is 0 Å². The van der Waals surface area contributed by atoms with Crippen LogP contribution in [0.15, 0.2) is 45.6 Å². The molecule has 0 saturated carbocycles. The Kier molecular flexibility index (Phi) is 2.19. The molecule has 0 fully saturated rings. The van der Waals surface area contributed by atoms with Crippen molar-refractivity contribution in [2.45, 2.75) is 0 Å². The molecule has 3 aromatic rings. The minimum Gasteiger partial charge on any atom is -0.449 e. The SMILES string of the molecule is O=c1[nH]c(=S)[nH]c2cc(-c3ccccc3)oc12. The van der Waals surface area contributed by atoms with Crippen molar-refractivity contribution in [2.75, 3.05) is 0 Å². The topological polar surface area (TPSA) is 61.8 Å². The van der Waals surface area contributed by atoms with E-state index < -0.39 is 0 Å². The highest BCUT2D eigenvalue weighted by Crippen LogP contribution is 2.24. The number of hydrogen-bond donors (Lipinski definition) is 2. The first-order valence-corrected chi connectivity index (χ1v) is 5.46. The number of benzene rings is 1. The van der Waals surface area contributed by atoms with Crippen molar-refractivity contribution >= 4 is 23.3 Å². The second-order valence-corrected chi connectivity index (χ2v) is 4.04. The van der Waals surface area contributed by atoms with Gasteiger partial charge in [-0.15, -0.1) is 0 Å². The van der Waals surface area contributed by atoms with Crippen LogP contribution in [0.25, 0.3) is 22.4 Å². The lowest BCUT2D eigenvalue weighted by molar-refractivity contribution is 0.625. The smallest absolute Gasteiger partial charge is 0.295 e. The summed E-state index contributed by atoms with van der Waals surface area (Å²) in [5, 5.41) is 0. The van der Waals surface area contributed by atoms with E-state index in [1.165, 1.54) is 0 Å². The number of hydrogen-bond acceptors (Lipinski definition) is 3. The van der Waals surface area contributed by atoms with Gasteiger partial charge in [-0.05, 0) is 12.2 Å². The second-order valence-electron chi connectivity index (χ2n) is 3.63. The minimum absolute atomic E-state index is 0.262. The van der Waals surface area contributed by atoms with Gasteiger partial charge in [-0.25, -0.2) is 0 Å². The number of aromatic nitrogens is 2. The Bertz CT molecular complexity index is 783. The lowest BCUT2D eigenvalue weighted by Crippen LogP contribution is -2.05. The van der Waals surface area contributed by atoms with Gasteiger partial charge in [0.25, 0.3) is 5.56 Å². The molecule has 0 saturated heterocycles. The highest BCUT2D eigenvalue weighted by Gasteiger charge is 2.08. The molecular formula is C12H8N2O2S. The molecule has 1 aromatic carbocycles. The molecule has 17 heavy (non-hydrogen) atoms. The number of nitrogens with one attached hydrogen (secondary N) is 2.